The van der Waals surface area contributed by atoms with E-state index in [1.165, 1.54) is 18.7 Å². The van der Waals surface area contributed by atoms with Gasteiger partial charge in [-0.3, -0.25) is 9.88 Å². The molecule has 1 N–H and O–H groups in total. The predicted octanol–water partition coefficient (Wildman–Crippen LogP) is 2.60. The van der Waals surface area contributed by atoms with Gasteiger partial charge in [-0.2, -0.15) is 0 Å². The standard InChI is InChI=1S/C16H22N4O/c1-2-8-17-14(5-1)20-15(12-6-10-21-11-7-12)19-13-4-3-9-18-16(13)20/h3-4,9,12,14,17H,1-2,5-8,10-11H2. The summed E-state index contributed by atoms with van der Waals surface area (Å²) in [6.07, 6.45) is 8.05. The van der Waals surface area contributed by atoms with Crippen molar-refractivity contribution in [2.75, 3.05) is 19.8 Å². The van der Waals surface area contributed by atoms with Gasteiger partial charge in [0.2, 0.25) is 0 Å². The number of fused-ring (bicyclic) bond motifs is 1. The third-order valence-electron chi connectivity index (χ3n) is 4.66. The molecular formula is C16H22N4O. The molecule has 0 aromatic carbocycles. The van der Waals surface area contributed by atoms with Gasteiger partial charge in [-0.1, -0.05) is 0 Å². The molecule has 2 aromatic heterocycles. The fourth-order valence-corrected chi connectivity index (χ4v) is 3.55. The summed E-state index contributed by atoms with van der Waals surface area (Å²) in [6, 6.07) is 4.05. The number of nitrogens with zero attached hydrogens (tertiary/aromatic N) is 3. The first-order valence-corrected chi connectivity index (χ1v) is 8.07. The topological polar surface area (TPSA) is 52.0 Å². The van der Waals surface area contributed by atoms with Crippen molar-refractivity contribution in [1.29, 1.82) is 0 Å². The van der Waals surface area contributed by atoms with Crippen LogP contribution in [0.3, 0.4) is 0 Å². The molecule has 2 aromatic rings. The van der Waals surface area contributed by atoms with Crippen LogP contribution in [0.4, 0.5) is 0 Å². The molecule has 0 amide bonds. The maximum atomic E-state index is 5.51. The Kier molecular flexibility index (Phi) is 3.61. The van der Waals surface area contributed by atoms with Gasteiger partial charge in [0.25, 0.3) is 0 Å². The number of aromatic nitrogens is 3. The maximum Gasteiger partial charge on any atom is 0.161 e. The molecule has 21 heavy (non-hydrogen) atoms. The first kappa shape index (κ1) is 13.2. The summed E-state index contributed by atoms with van der Waals surface area (Å²) in [6.45, 7) is 2.78. The summed E-state index contributed by atoms with van der Waals surface area (Å²) in [5.74, 6) is 1.70. The van der Waals surface area contributed by atoms with E-state index in [0.29, 0.717) is 12.1 Å². The Hall–Kier alpha value is -1.46. The summed E-state index contributed by atoms with van der Waals surface area (Å²) in [5.41, 5.74) is 2.05. The summed E-state index contributed by atoms with van der Waals surface area (Å²) in [4.78, 5) is 9.52. The van der Waals surface area contributed by atoms with E-state index >= 15 is 0 Å². The Morgan fingerprint density at radius 1 is 1.19 bits per heavy atom. The fraction of sp³-hybridized carbons (Fsp3) is 0.625. The number of hydrogen-bond acceptors (Lipinski definition) is 4. The van der Waals surface area contributed by atoms with Gasteiger partial charge in [0.15, 0.2) is 5.65 Å². The predicted molar refractivity (Wildman–Crippen MR) is 81.2 cm³/mol. The highest BCUT2D eigenvalue weighted by molar-refractivity contribution is 5.71. The number of piperidine rings is 1. The quantitative estimate of drug-likeness (QED) is 0.922. The number of nitrogens with one attached hydrogen (secondary N) is 1. The van der Waals surface area contributed by atoms with Crippen molar-refractivity contribution in [3.8, 4) is 0 Å². The molecule has 4 rings (SSSR count). The highest BCUT2D eigenvalue weighted by atomic mass is 16.5. The molecule has 0 saturated carbocycles. The second-order valence-electron chi connectivity index (χ2n) is 6.04. The van der Waals surface area contributed by atoms with E-state index in [0.717, 1.165) is 50.2 Å². The van der Waals surface area contributed by atoms with Crippen molar-refractivity contribution in [1.82, 2.24) is 19.9 Å². The molecule has 5 heteroatoms. The average Bonchev–Trinajstić information content (AvgIpc) is 2.96. The van der Waals surface area contributed by atoms with Crippen molar-refractivity contribution >= 4 is 11.2 Å². The van der Waals surface area contributed by atoms with Crippen molar-refractivity contribution in [2.45, 2.75) is 44.2 Å². The molecule has 2 saturated heterocycles. The second-order valence-corrected chi connectivity index (χ2v) is 6.04. The van der Waals surface area contributed by atoms with E-state index in [4.69, 9.17) is 9.72 Å². The van der Waals surface area contributed by atoms with Crippen molar-refractivity contribution in [3.05, 3.63) is 24.2 Å². The molecule has 2 aliphatic heterocycles. The number of imidazole rings is 1. The fourth-order valence-electron chi connectivity index (χ4n) is 3.55. The number of rotatable bonds is 2. The van der Waals surface area contributed by atoms with Gasteiger partial charge in [0.1, 0.15) is 11.3 Å². The lowest BCUT2D eigenvalue weighted by Gasteiger charge is -2.29. The maximum absolute atomic E-state index is 5.51. The zero-order valence-electron chi connectivity index (χ0n) is 12.3. The summed E-state index contributed by atoms with van der Waals surface area (Å²) < 4.78 is 7.88. The van der Waals surface area contributed by atoms with Crippen LogP contribution < -0.4 is 5.32 Å². The monoisotopic (exact) mass is 286 g/mol. The lowest BCUT2D eigenvalue weighted by molar-refractivity contribution is 0.0821. The number of hydrogen-bond donors (Lipinski definition) is 1. The minimum Gasteiger partial charge on any atom is -0.381 e. The molecule has 5 nitrogen and oxygen atoms in total. The third kappa shape index (κ3) is 2.45. The zero-order chi connectivity index (χ0) is 14.1. The van der Waals surface area contributed by atoms with Gasteiger partial charge >= 0.3 is 0 Å². The van der Waals surface area contributed by atoms with Gasteiger partial charge < -0.3 is 4.74 Å². The molecule has 0 radical (unpaired) electrons. The molecule has 1 atom stereocenters. The van der Waals surface area contributed by atoms with E-state index in [9.17, 15) is 0 Å². The molecule has 1 unspecified atom stereocenters. The van der Waals surface area contributed by atoms with Crippen molar-refractivity contribution < 1.29 is 4.74 Å². The van der Waals surface area contributed by atoms with Gasteiger partial charge in [-0.15, -0.1) is 0 Å². The molecule has 0 bridgehead atoms. The number of ether oxygens (including phenoxy) is 1. The van der Waals surface area contributed by atoms with Crippen LogP contribution in [0.1, 0.15) is 50.0 Å². The van der Waals surface area contributed by atoms with Crippen LogP contribution in [0.15, 0.2) is 18.3 Å². The lowest BCUT2D eigenvalue weighted by atomic mass is 9.99. The highest BCUT2D eigenvalue weighted by Crippen LogP contribution is 2.32. The molecular weight excluding hydrogens is 264 g/mol. The minimum atomic E-state index is 0.344. The average molecular weight is 286 g/mol. The largest absolute Gasteiger partial charge is 0.381 e. The lowest BCUT2D eigenvalue weighted by Crippen LogP contribution is -2.33. The van der Waals surface area contributed by atoms with Crippen LogP contribution in [0, 0.1) is 0 Å². The van der Waals surface area contributed by atoms with Crippen molar-refractivity contribution in [2.24, 2.45) is 0 Å². The molecule has 2 fully saturated rings. The van der Waals surface area contributed by atoms with Crippen molar-refractivity contribution in [3.63, 3.8) is 0 Å². The van der Waals surface area contributed by atoms with Crippen LogP contribution in [0.25, 0.3) is 11.2 Å². The van der Waals surface area contributed by atoms with Gasteiger partial charge in [0, 0.05) is 25.3 Å². The Labute approximate surface area is 124 Å². The van der Waals surface area contributed by atoms with E-state index in [1.54, 1.807) is 0 Å². The van der Waals surface area contributed by atoms with Gasteiger partial charge in [0.05, 0.1) is 6.17 Å². The van der Waals surface area contributed by atoms with E-state index in [-0.39, 0.29) is 0 Å². The highest BCUT2D eigenvalue weighted by Gasteiger charge is 2.27. The number of pyridine rings is 1. The first-order chi connectivity index (χ1) is 10.4. The Balaban J connectivity index is 1.79. The summed E-state index contributed by atoms with van der Waals surface area (Å²) in [5, 5.41) is 3.64. The van der Waals surface area contributed by atoms with Gasteiger partial charge in [-0.25, -0.2) is 9.97 Å². The van der Waals surface area contributed by atoms with Gasteiger partial charge in [-0.05, 0) is 50.8 Å². The van der Waals surface area contributed by atoms with Crippen LogP contribution in [0.2, 0.25) is 0 Å². The summed E-state index contributed by atoms with van der Waals surface area (Å²) >= 11 is 0. The zero-order valence-corrected chi connectivity index (χ0v) is 12.3. The molecule has 4 heterocycles. The SMILES string of the molecule is c1cnc2c(c1)nc(C1CCOCC1)n2C1CCCCN1. The van der Waals surface area contributed by atoms with Crippen LogP contribution in [0.5, 0.6) is 0 Å². The van der Waals surface area contributed by atoms with Crippen LogP contribution in [-0.4, -0.2) is 34.3 Å². The smallest absolute Gasteiger partial charge is 0.161 e. The summed E-state index contributed by atoms with van der Waals surface area (Å²) in [7, 11) is 0. The van der Waals surface area contributed by atoms with E-state index in [1.807, 2.05) is 12.3 Å². The molecule has 0 spiro atoms. The van der Waals surface area contributed by atoms with Crippen LogP contribution in [-0.2, 0) is 4.74 Å². The first-order valence-electron chi connectivity index (χ1n) is 8.07. The minimum absolute atomic E-state index is 0.344. The molecule has 2 aliphatic rings. The Morgan fingerprint density at radius 3 is 2.90 bits per heavy atom. The normalized spacial score (nSPS) is 24.5. The van der Waals surface area contributed by atoms with E-state index in [2.05, 4.69) is 20.9 Å². The third-order valence-corrected chi connectivity index (χ3v) is 4.66. The van der Waals surface area contributed by atoms with Crippen LogP contribution >= 0.6 is 0 Å². The second kappa shape index (κ2) is 5.73. The Morgan fingerprint density at radius 2 is 2.10 bits per heavy atom. The van der Waals surface area contributed by atoms with E-state index < -0.39 is 0 Å². The molecule has 0 aliphatic carbocycles. The Bertz CT molecular complexity index is 612. The molecule has 112 valence electrons.